The molecule has 2 heterocycles. The van der Waals surface area contributed by atoms with E-state index in [9.17, 15) is 9.59 Å². The van der Waals surface area contributed by atoms with Crippen LogP contribution >= 0.6 is 23.4 Å². The van der Waals surface area contributed by atoms with Crippen LogP contribution < -0.4 is 5.73 Å². The minimum Gasteiger partial charge on any atom is -0.477 e. The van der Waals surface area contributed by atoms with Gasteiger partial charge in [0.15, 0.2) is 0 Å². The summed E-state index contributed by atoms with van der Waals surface area (Å²) < 4.78 is 0. The van der Waals surface area contributed by atoms with Crippen molar-refractivity contribution in [1.29, 1.82) is 0 Å². The molecule has 0 saturated carbocycles. The highest BCUT2D eigenvalue weighted by molar-refractivity contribution is 8.00. The van der Waals surface area contributed by atoms with Crippen molar-refractivity contribution >= 4 is 35.2 Å². The third kappa shape index (κ3) is 3.91. The molecule has 8 heteroatoms. The zero-order chi connectivity index (χ0) is 16.2. The summed E-state index contributed by atoms with van der Waals surface area (Å²) in [6, 6.07) is -0.598. The molecule has 2 atom stereocenters. The van der Waals surface area contributed by atoms with Crippen molar-refractivity contribution in [2.75, 3.05) is 25.4 Å². The van der Waals surface area contributed by atoms with Crippen LogP contribution in [0.4, 0.5) is 0 Å². The quantitative estimate of drug-likeness (QED) is 0.748. The van der Waals surface area contributed by atoms with E-state index >= 15 is 0 Å². The number of carboxylic acids is 1. The Kier molecular flexibility index (Phi) is 6.99. The molecule has 1 amide bonds. The highest BCUT2D eigenvalue weighted by atomic mass is 35.5. The predicted molar refractivity (Wildman–Crippen MR) is 85.0 cm³/mol. The van der Waals surface area contributed by atoms with Gasteiger partial charge in [-0.25, -0.2) is 4.79 Å². The molecule has 2 aliphatic heterocycles. The van der Waals surface area contributed by atoms with E-state index in [1.807, 2.05) is 0 Å². The van der Waals surface area contributed by atoms with E-state index in [0.717, 1.165) is 4.90 Å². The molecule has 3 N–H and O–H groups in total. The second-order valence-corrected chi connectivity index (χ2v) is 6.17. The van der Waals surface area contributed by atoms with Crippen molar-refractivity contribution in [1.82, 2.24) is 9.80 Å². The Hall–Kier alpha value is -0.760. The standard InChI is InChI=1S/C7H7ClN2O3S.C6H15N/c8-2-1-14-6-3(9)5(11)10(6)4(2)7(12)13;1-4-7(5-2)6-3/h3,6H,1,9H2,(H,12,13);4-6H2,1-3H3/t3?,6-;/m1./s1. The second-order valence-electron chi connectivity index (χ2n) is 4.61. The Balaban J connectivity index is 0.000000270. The monoisotopic (exact) mass is 335 g/mol. The molecule has 0 bridgehead atoms. The first-order valence-electron chi connectivity index (χ1n) is 6.93. The normalized spacial score (nSPS) is 24.3. The molecule has 1 fully saturated rings. The summed E-state index contributed by atoms with van der Waals surface area (Å²) in [4.78, 5) is 25.6. The van der Waals surface area contributed by atoms with Crippen molar-refractivity contribution in [3.05, 3.63) is 10.7 Å². The fraction of sp³-hybridized carbons (Fsp3) is 0.692. The summed E-state index contributed by atoms with van der Waals surface area (Å²) in [7, 11) is 0. The summed E-state index contributed by atoms with van der Waals surface area (Å²) >= 11 is 7.11. The molecule has 0 aromatic rings. The first-order valence-corrected chi connectivity index (χ1v) is 8.36. The first-order chi connectivity index (χ1) is 9.88. The van der Waals surface area contributed by atoms with Crippen LogP contribution in [0.5, 0.6) is 0 Å². The van der Waals surface area contributed by atoms with Gasteiger partial charge in [0.1, 0.15) is 17.1 Å². The van der Waals surface area contributed by atoms with Crippen LogP contribution in [-0.2, 0) is 9.59 Å². The van der Waals surface area contributed by atoms with Crippen molar-refractivity contribution in [3.8, 4) is 0 Å². The number of aliphatic carboxylic acids is 1. The van der Waals surface area contributed by atoms with E-state index < -0.39 is 12.0 Å². The smallest absolute Gasteiger partial charge is 0.353 e. The van der Waals surface area contributed by atoms with Gasteiger partial charge in [0.2, 0.25) is 5.91 Å². The Morgan fingerprint density at radius 3 is 2.33 bits per heavy atom. The van der Waals surface area contributed by atoms with E-state index in [1.165, 1.54) is 31.4 Å². The minimum absolute atomic E-state index is 0.123. The maximum atomic E-state index is 11.3. The fourth-order valence-corrected chi connectivity index (χ4v) is 3.65. The number of amides is 1. The Morgan fingerprint density at radius 1 is 1.43 bits per heavy atom. The molecular formula is C13H22ClN3O3S. The third-order valence-corrected chi connectivity index (χ3v) is 5.28. The van der Waals surface area contributed by atoms with Gasteiger partial charge in [0.25, 0.3) is 0 Å². The van der Waals surface area contributed by atoms with Gasteiger partial charge >= 0.3 is 5.97 Å². The van der Waals surface area contributed by atoms with Gasteiger partial charge in [-0.15, -0.1) is 11.8 Å². The number of carboxylic acid groups (broad SMARTS) is 1. The van der Waals surface area contributed by atoms with Crippen LogP contribution in [0.2, 0.25) is 0 Å². The molecule has 120 valence electrons. The average molecular weight is 336 g/mol. The molecule has 0 aromatic carbocycles. The summed E-state index contributed by atoms with van der Waals surface area (Å²) in [5.74, 6) is -1.16. The van der Waals surface area contributed by atoms with Gasteiger partial charge in [-0.2, -0.15) is 0 Å². The fourth-order valence-electron chi connectivity index (χ4n) is 2.15. The number of hydrogen-bond acceptors (Lipinski definition) is 5. The van der Waals surface area contributed by atoms with Crippen LogP contribution in [0, 0.1) is 0 Å². The van der Waals surface area contributed by atoms with Crippen molar-refractivity contribution in [2.45, 2.75) is 32.2 Å². The Bertz CT molecular complexity index is 435. The first kappa shape index (κ1) is 18.3. The molecule has 1 unspecified atom stereocenters. The summed E-state index contributed by atoms with van der Waals surface area (Å²) in [5.41, 5.74) is 5.39. The Morgan fingerprint density at radius 2 is 1.95 bits per heavy atom. The SMILES string of the molecule is CCN(CC)CC.NC1C(=O)N2C(C(=O)O)=C(Cl)CS[C@H]12. The topological polar surface area (TPSA) is 86.9 Å². The lowest BCUT2D eigenvalue weighted by Crippen LogP contribution is -2.68. The maximum absolute atomic E-state index is 11.3. The van der Waals surface area contributed by atoms with Gasteiger partial charge in [-0.1, -0.05) is 32.4 Å². The van der Waals surface area contributed by atoms with Crippen LogP contribution in [0.1, 0.15) is 20.8 Å². The summed E-state index contributed by atoms with van der Waals surface area (Å²) in [6.07, 6.45) is 0. The molecule has 0 aliphatic carbocycles. The zero-order valence-electron chi connectivity index (χ0n) is 12.5. The number of nitrogens with two attached hydrogens (primary N) is 1. The lowest BCUT2D eigenvalue weighted by molar-refractivity contribution is -0.147. The number of thioether (sulfide) groups is 1. The van der Waals surface area contributed by atoms with Crippen LogP contribution in [-0.4, -0.2) is 63.6 Å². The third-order valence-electron chi connectivity index (χ3n) is 3.51. The van der Waals surface area contributed by atoms with Gasteiger partial charge in [-0.05, 0) is 19.6 Å². The zero-order valence-corrected chi connectivity index (χ0v) is 14.1. The van der Waals surface area contributed by atoms with Crippen molar-refractivity contribution < 1.29 is 14.7 Å². The number of fused-ring (bicyclic) bond motifs is 1. The molecule has 21 heavy (non-hydrogen) atoms. The second kappa shape index (κ2) is 8.03. The number of β-lactam (4-membered cyclic amide) rings is 1. The van der Waals surface area contributed by atoms with E-state index in [0.29, 0.717) is 5.75 Å². The lowest BCUT2D eigenvalue weighted by Gasteiger charge is -2.47. The number of nitrogens with zero attached hydrogens (tertiary/aromatic N) is 2. The molecule has 6 nitrogen and oxygen atoms in total. The van der Waals surface area contributed by atoms with Crippen LogP contribution in [0.25, 0.3) is 0 Å². The number of carbonyl (C=O) groups excluding carboxylic acids is 1. The molecule has 2 rings (SSSR count). The number of hydrogen-bond donors (Lipinski definition) is 2. The van der Waals surface area contributed by atoms with Gasteiger partial charge < -0.3 is 15.7 Å². The van der Waals surface area contributed by atoms with Crippen molar-refractivity contribution in [3.63, 3.8) is 0 Å². The Labute approximate surface area is 134 Å². The largest absolute Gasteiger partial charge is 0.477 e. The van der Waals surface area contributed by atoms with Gasteiger partial charge in [0.05, 0.1) is 5.03 Å². The summed E-state index contributed by atoms with van der Waals surface area (Å²) in [6.45, 7) is 10.1. The van der Waals surface area contributed by atoms with E-state index in [4.69, 9.17) is 22.4 Å². The molecule has 1 saturated heterocycles. The maximum Gasteiger partial charge on any atom is 0.353 e. The molecule has 0 radical (unpaired) electrons. The number of rotatable bonds is 4. The molecular weight excluding hydrogens is 314 g/mol. The number of halogens is 1. The predicted octanol–water partition coefficient (Wildman–Crippen LogP) is 1.11. The van der Waals surface area contributed by atoms with E-state index in [2.05, 4.69) is 25.7 Å². The van der Waals surface area contributed by atoms with Gasteiger partial charge in [-0.3, -0.25) is 9.69 Å². The van der Waals surface area contributed by atoms with E-state index in [-0.39, 0.29) is 22.0 Å². The van der Waals surface area contributed by atoms with Crippen LogP contribution in [0.15, 0.2) is 10.7 Å². The highest BCUT2D eigenvalue weighted by Gasteiger charge is 2.51. The van der Waals surface area contributed by atoms with Crippen LogP contribution in [0.3, 0.4) is 0 Å². The van der Waals surface area contributed by atoms with E-state index in [1.54, 1.807) is 0 Å². The summed E-state index contributed by atoms with van der Waals surface area (Å²) in [5, 5.41) is 8.77. The minimum atomic E-state index is -1.18. The molecule has 2 aliphatic rings. The molecule has 0 spiro atoms. The lowest BCUT2D eigenvalue weighted by atomic mass is 10.1. The average Bonchev–Trinajstić information content (AvgIpc) is 2.48. The highest BCUT2D eigenvalue weighted by Crippen LogP contribution is 2.40. The molecule has 0 aromatic heterocycles. The van der Waals surface area contributed by atoms with Crippen molar-refractivity contribution in [2.24, 2.45) is 5.73 Å². The van der Waals surface area contributed by atoms with Gasteiger partial charge in [0, 0.05) is 5.75 Å². The number of carbonyl (C=O) groups is 2.